The van der Waals surface area contributed by atoms with Gasteiger partial charge in [-0.15, -0.1) is 60.1 Å². The zero-order valence-corrected chi connectivity index (χ0v) is 50.4. The lowest BCUT2D eigenvalue weighted by Gasteiger charge is -2.34. The highest BCUT2D eigenvalue weighted by molar-refractivity contribution is 6.77. The van der Waals surface area contributed by atoms with Crippen LogP contribution >= 0.6 is 0 Å². The van der Waals surface area contributed by atoms with Crippen LogP contribution in [0, 0.1) is 0 Å². The maximum Gasteiger partial charge on any atom is 0.143 e. The molecule has 9 aromatic rings. The summed E-state index contributed by atoms with van der Waals surface area (Å²) >= 11 is 0. The van der Waals surface area contributed by atoms with Crippen molar-refractivity contribution in [3.05, 3.63) is 0 Å². The lowest BCUT2D eigenvalue weighted by atomic mass is 9.54. The first-order valence-electron chi connectivity index (χ1n) is 27.2. The summed E-state index contributed by atoms with van der Waals surface area (Å²) in [5.41, 5.74) is 51.2. The van der Waals surface area contributed by atoms with Crippen LogP contribution in [0.3, 0.4) is 0 Å². The van der Waals surface area contributed by atoms with Crippen LogP contribution in [0.15, 0.2) is 4.42 Å². The predicted octanol–water partition coefficient (Wildman–Crippen LogP) is -36.2. The molecule has 0 amide bonds. The van der Waals surface area contributed by atoms with E-state index in [0.29, 0.717) is 0 Å². The third-order valence-electron chi connectivity index (χ3n) is 21.1. The molecule has 0 saturated heterocycles. The summed E-state index contributed by atoms with van der Waals surface area (Å²) in [4.78, 5) is 0. The van der Waals surface area contributed by atoms with Crippen molar-refractivity contribution in [2.75, 3.05) is 0 Å². The van der Waals surface area contributed by atoms with E-state index in [4.69, 9.17) is 4.42 Å². The highest BCUT2D eigenvalue weighted by Gasteiger charge is 2.33. The molecule has 0 aliphatic heterocycles. The Bertz CT molecular complexity index is 3980. The first-order chi connectivity index (χ1) is 34.0. The van der Waals surface area contributed by atoms with Crippen molar-refractivity contribution in [1.82, 2.24) is 0 Å². The van der Waals surface area contributed by atoms with Crippen LogP contribution in [0.5, 0.6) is 0 Å². The highest BCUT2D eigenvalue weighted by atomic mass is 16.3. The van der Waals surface area contributed by atoms with Crippen molar-refractivity contribution in [3.8, 4) is 44.5 Å². The highest BCUT2D eigenvalue weighted by Crippen LogP contribution is 2.43. The van der Waals surface area contributed by atoms with Gasteiger partial charge in [-0.05, 0) is 66.1 Å². The van der Waals surface area contributed by atoms with Gasteiger partial charge in [-0.25, -0.2) is 0 Å². The van der Waals surface area contributed by atoms with Crippen molar-refractivity contribution >= 4 is 416 Å². The molecule has 1 aromatic heterocycles. The van der Waals surface area contributed by atoms with Crippen molar-refractivity contribution in [2.24, 2.45) is 0 Å². The fourth-order valence-corrected chi connectivity index (χ4v) is 14.1. The van der Waals surface area contributed by atoms with Gasteiger partial charge >= 0.3 is 0 Å². The summed E-state index contributed by atoms with van der Waals surface area (Å²) in [5.74, 6) is 0. The van der Waals surface area contributed by atoms with Crippen LogP contribution < -0.4 is 153 Å². The van der Waals surface area contributed by atoms with Gasteiger partial charge in [0, 0.05) is 10.8 Å². The molecule has 9 rings (SSSR count). The molecule has 322 valence electrons. The van der Waals surface area contributed by atoms with E-state index in [1.807, 2.05) is 0 Å². The summed E-state index contributed by atoms with van der Waals surface area (Å²) < 4.78 is 7.27. The monoisotopic (exact) mass is 909 g/mol. The van der Waals surface area contributed by atoms with Crippen LogP contribution in [0.4, 0.5) is 0 Å². The van der Waals surface area contributed by atoms with Gasteiger partial charge in [0.2, 0.25) is 0 Å². The molecule has 0 radical (unpaired) electrons. The Balaban J connectivity index is 1.67. The minimum absolute atomic E-state index is 1.02. The topological polar surface area (TPSA) is 13.1 Å². The number of benzene rings is 8. The minimum atomic E-state index is 1.02. The average Bonchev–Trinajstić information content (AvgIpc) is 3.76. The fourth-order valence-electron chi connectivity index (χ4n) is 14.1. The molecule has 0 N–H and O–H groups in total. The van der Waals surface area contributed by atoms with Crippen LogP contribution in [0.25, 0.3) is 88.0 Å². The molecule has 0 fully saturated rings. The molecule has 0 aliphatic rings. The molecule has 0 bridgehead atoms. The van der Waals surface area contributed by atoms with E-state index < -0.39 is 0 Å². The number of rotatable bonds is 4. The molecule has 0 spiro atoms. The van der Waals surface area contributed by atoms with Gasteiger partial charge in [-0.2, -0.15) is 0 Å². The molecule has 0 unspecified atom stereocenters. The van der Waals surface area contributed by atoms with E-state index in [1.54, 1.807) is 0 Å². The molecule has 0 aliphatic carbocycles. The largest absolute Gasteiger partial charge is 0.457 e. The Morgan fingerprint density at radius 3 is 0.671 bits per heavy atom. The standard InChI is InChI=1S/C44H56B28O/c45-15-8(12-23(53)32(62)38(68)33(63)24(12)54)9(13-25(55)34(64)39(69)35(65)26(13)56)16(46)22(52)11(15)2-5-3(17(47)28(58)30(60)19(5)49)1(4-6(2)20(50)31(61)29(59)18(4)48)7-10-14-27(57)36(66)40(70)42(72)44(14)73-43(10)41(71)37(67)21(7)51/h45-72H2. The maximum atomic E-state index is 7.27. The third kappa shape index (κ3) is 7.09. The normalized spacial score (nSPS) is 11.7. The van der Waals surface area contributed by atoms with Gasteiger partial charge in [0.1, 0.15) is 231 Å². The smallest absolute Gasteiger partial charge is 0.143 e. The molecule has 29 heteroatoms. The Hall–Kier alpha value is -4.10. The van der Waals surface area contributed by atoms with Gasteiger partial charge in [0.15, 0.2) is 0 Å². The second-order valence-electron chi connectivity index (χ2n) is 23.5. The second kappa shape index (κ2) is 18.3. The third-order valence-corrected chi connectivity index (χ3v) is 21.1. The van der Waals surface area contributed by atoms with Gasteiger partial charge in [0.25, 0.3) is 0 Å². The molecule has 1 nitrogen and oxygen atoms in total. The Labute approximate surface area is 461 Å². The Morgan fingerprint density at radius 2 is 0.315 bits per heavy atom. The average molecular weight is 904 g/mol. The van der Waals surface area contributed by atoms with E-state index in [1.165, 1.54) is 230 Å². The lowest BCUT2D eigenvalue weighted by molar-refractivity contribution is 0.675. The fraction of sp³-hybridized carbons (Fsp3) is 0. The van der Waals surface area contributed by atoms with Crippen molar-refractivity contribution in [3.63, 3.8) is 0 Å². The van der Waals surface area contributed by atoms with E-state index in [2.05, 4.69) is 220 Å². The summed E-state index contributed by atoms with van der Waals surface area (Å²) in [6.45, 7) is 0. The lowest BCUT2D eigenvalue weighted by Crippen LogP contribution is -2.57. The van der Waals surface area contributed by atoms with Crippen LogP contribution in [-0.4, -0.2) is 220 Å². The van der Waals surface area contributed by atoms with Crippen LogP contribution in [0.1, 0.15) is 0 Å². The van der Waals surface area contributed by atoms with Gasteiger partial charge in [-0.1, -0.05) is 92.9 Å². The zero-order valence-electron chi connectivity index (χ0n) is 50.4. The predicted molar refractivity (Wildman–Crippen MR) is 419 cm³/mol. The molecule has 73 heavy (non-hydrogen) atoms. The summed E-state index contributed by atoms with van der Waals surface area (Å²) in [6, 6.07) is 0. The van der Waals surface area contributed by atoms with Crippen LogP contribution in [0.2, 0.25) is 0 Å². The number of hydrogen-bond donors (Lipinski definition) is 0. The quantitative estimate of drug-likeness (QED) is 0.127. The first kappa shape index (κ1) is 53.7. The molecule has 0 atom stereocenters. The second-order valence-corrected chi connectivity index (χ2v) is 23.5. The Morgan fingerprint density at radius 1 is 0.123 bits per heavy atom. The zero-order chi connectivity index (χ0) is 54.1. The molecule has 1 heterocycles. The van der Waals surface area contributed by atoms with Gasteiger partial charge in [0.05, 0.1) is 0 Å². The number of furan rings is 1. The number of fused-ring (bicyclic) bond motifs is 5. The minimum Gasteiger partial charge on any atom is -0.457 e. The maximum absolute atomic E-state index is 7.27. The van der Waals surface area contributed by atoms with Crippen LogP contribution in [-0.2, 0) is 0 Å². The molecular weight excluding hydrogens is 847 g/mol. The van der Waals surface area contributed by atoms with E-state index in [9.17, 15) is 0 Å². The van der Waals surface area contributed by atoms with E-state index in [0.717, 1.165) is 11.2 Å². The molecule has 0 saturated carbocycles. The van der Waals surface area contributed by atoms with Crippen molar-refractivity contribution in [1.29, 1.82) is 0 Å². The number of hydrogen-bond acceptors (Lipinski definition) is 1. The summed E-state index contributed by atoms with van der Waals surface area (Å²) in [5, 5.41) is 8.05. The molecule has 8 aromatic carbocycles. The summed E-state index contributed by atoms with van der Waals surface area (Å²) in [6.07, 6.45) is 0. The summed E-state index contributed by atoms with van der Waals surface area (Å²) in [7, 11) is 66.3. The first-order valence-corrected chi connectivity index (χ1v) is 27.2. The van der Waals surface area contributed by atoms with Crippen molar-refractivity contribution < 1.29 is 4.42 Å². The van der Waals surface area contributed by atoms with Gasteiger partial charge < -0.3 is 4.42 Å². The SMILES string of the molecule is Bc1c(B)c(B)c(-c2c(B)c(B)c(-c3c4c(B)c(B)c(B)c(B)c4c(-c4c(B)c(B)c(B)c5oc6c(B)c(B)c(B)c(B)c6c45)c4c(B)c(B)c(B)c(B)c34)c(B)c2-c2c(B)c(B)c(B)c(B)c2B)c(B)c1B. The van der Waals surface area contributed by atoms with Crippen molar-refractivity contribution in [2.45, 2.75) is 0 Å². The van der Waals surface area contributed by atoms with Gasteiger partial charge in [-0.3, -0.25) is 0 Å². The van der Waals surface area contributed by atoms with E-state index >= 15 is 0 Å². The van der Waals surface area contributed by atoms with E-state index in [-0.39, 0.29) is 0 Å². The Kier molecular flexibility index (Phi) is 13.5. The molecular formula is C44H56B28O.